The smallest absolute Gasteiger partial charge is 0.322 e. The summed E-state index contributed by atoms with van der Waals surface area (Å²) in [5.74, 6) is 0.501. The van der Waals surface area contributed by atoms with Crippen LogP contribution in [-0.2, 0) is 0 Å². The van der Waals surface area contributed by atoms with Crippen LogP contribution in [0.4, 0.5) is 0 Å². The van der Waals surface area contributed by atoms with Gasteiger partial charge in [0.25, 0.3) is 0 Å². The minimum atomic E-state index is -0.0157. The molecule has 2 aromatic heterocycles. The summed E-state index contributed by atoms with van der Waals surface area (Å²) in [5, 5.41) is 0.0741. The predicted octanol–water partition coefficient (Wildman–Crippen LogP) is 1.71. The molecule has 0 fully saturated rings. The molecule has 0 aliphatic heterocycles. The van der Waals surface area contributed by atoms with Crippen molar-refractivity contribution >= 4 is 34.8 Å². The SMILES string of the molecule is Cc1nc(Cl)nc(OCCN(C)CCOc2nc(Cl)nc(Cl)n2)n1. The van der Waals surface area contributed by atoms with E-state index >= 15 is 0 Å². The molecule has 0 N–H and O–H groups in total. The molecule has 9 nitrogen and oxygen atoms in total. The van der Waals surface area contributed by atoms with E-state index in [9.17, 15) is 0 Å². The standard InChI is InChI=1S/C12H14Cl3N7O2/c1-7-16-8(13)19-11(17-7)23-5-3-22(2)4-6-24-12-20-9(14)18-10(15)21-12/h3-6H2,1-2H3. The summed E-state index contributed by atoms with van der Waals surface area (Å²) in [5.41, 5.74) is 0. The van der Waals surface area contributed by atoms with Crippen LogP contribution in [0.1, 0.15) is 5.82 Å². The van der Waals surface area contributed by atoms with Gasteiger partial charge in [-0.1, -0.05) is 0 Å². The van der Waals surface area contributed by atoms with Crippen molar-refractivity contribution in [2.45, 2.75) is 6.92 Å². The molecule has 0 saturated carbocycles. The predicted molar refractivity (Wildman–Crippen MR) is 87.9 cm³/mol. The van der Waals surface area contributed by atoms with E-state index in [1.807, 2.05) is 11.9 Å². The Bertz CT molecular complexity index is 594. The molecule has 0 amide bonds. The third-order valence-corrected chi connectivity index (χ3v) is 3.18. The molecule has 0 saturated heterocycles. The van der Waals surface area contributed by atoms with Gasteiger partial charge >= 0.3 is 12.0 Å². The molecule has 0 radical (unpaired) electrons. The van der Waals surface area contributed by atoms with Crippen molar-refractivity contribution in [2.75, 3.05) is 33.4 Å². The van der Waals surface area contributed by atoms with E-state index in [1.54, 1.807) is 6.92 Å². The van der Waals surface area contributed by atoms with Gasteiger partial charge in [-0.25, -0.2) is 4.98 Å². The summed E-state index contributed by atoms with van der Waals surface area (Å²) in [6.45, 7) is 3.69. The van der Waals surface area contributed by atoms with E-state index in [-0.39, 0.29) is 27.9 Å². The summed E-state index contributed by atoms with van der Waals surface area (Å²) in [6, 6.07) is 0.284. The Hall–Kier alpha value is -1.55. The topological polar surface area (TPSA) is 99.0 Å². The first-order valence-electron chi connectivity index (χ1n) is 6.82. The van der Waals surface area contributed by atoms with Gasteiger partial charge in [0.05, 0.1) is 0 Å². The fraction of sp³-hybridized carbons (Fsp3) is 0.500. The van der Waals surface area contributed by atoms with Crippen molar-refractivity contribution < 1.29 is 9.47 Å². The number of hydrogen-bond acceptors (Lipinski definition) is 9. The highest BCUT2D eigenvalue weighted by atomic mass is 35.5. The van der Waals surface area contributed by atoms with Crippen molar-refractivity contribution in [2.24, 2.45) is 0 Å². The maximum Gasteiger partial charge on any atom is 0.322 e. The van der Waals surface area contributed by atoms with Crippen molar-refractivity contribution in [3.63, 3.8) is 0 Å². The van der Waals surface area contributed by atoms with E-state index in [4.69, 9.17) is 44.3 Å². The molecule has 2 rings (SSSR count). The van der Waals surface area contributed by atoms with Crippen LogP contribution < -0.4 is 9.47 Å². The number of likely N-dealkylation sites (N-methyl/N-ethyl adjacent to an activating group) is 1. The van der Waals surface area contributed by atoms with E-state index < -0.39 is 0 Å². The largest absolute Gasteiger partial charge is 0.462 e. The van der Waals surface area contributed by atoms with Gasteiger partial charge in [-0.3, -0.25) is 4.90 Å². The summed E-state index contributed by atoms with van der Waals surface area (Å²) in [4.78, 5) is 25.0. The zero-order chi connectivity index (χ0) is 17.5. The highest BCUT2D eigenvalue weighted by Crippen LogP contribution is 2.11. The lowest BCUT2D eigenvalue weighted by Crippen LogP contribution is -2.29. The number of halogens is 3. The summed E-state index contributed by atoms with van der Waals surface area (Å²) in [6.07, 6.45) is 0. The maximum absolute atomic E-state index is 5.74. The lowest BCUT2D eigenvalue weighted by molar-refractivity contribution is 0.190. The molecule has 0 bridgehead atoms. The Morgan fingerprint density at radius 3 is 1.71 bits per heavy atom. The third kappa shape index (κ3) is 6.52. The van der Waals surface area contributed by atoms with Gasteiger partial charge in [0, 0.05) is 13.1 Å². The highest BCUT2D eigenvalue weighted by Gasteiger charge is 2.07. The van der Waals surface area contributed by atoms with Gasteiger partial charge < -0.3 is 9.47 Å². The molecule has 0 atom stereocenters. The van der Waals surface area contributed by atoms with Gasteiger partial charge in [-0.05, 0) is 48.8 Å². The quantitative estimate of drug-likeness (QED) is 0.662. The van der Waals surface area contributed by atoms with Gasteiger partial charge in [0.15, 0.2) is 0 Å². The van der Waals surface area contributed by atoms with Gasteiger partial charge in [0.1, 0.15) is 19.0 Å². The van der Waals surface area contributed by atoms with Crippen molar-refractivity contribution in [3.05, 3.63) is 21.7 Å². The zero-order valence-corrected chi connectivity index (χ0v) is 15.2. The molecule has 24 heavy (non-hydrogen) atoms. The fourth-order valence-corrected chi connectivity index (χ4v) is 2.10. The molecule has 2 aromatic rings. The molecule has 0 aliphatic carbocycles. The highest BCUT2D eigenvalue weighted by molar-refractivity contribution is 6.31. The lowest BCUT2D eigenvalue weighted by atomic mass is 10.5. The first kappa shape index (κ1) is 18.8. The van der Waals surface area contributed by atoms with Gasteiger partial charge in [-0.15, -0.1) is 0 Å². The lowest BCUT2D eigenvalue weighted by Gasteiger charge is -2.16. The van der Waals surface area contributed by atoms with Crippen LogP contribution >= 0.6 is 34.8 Å². The molecule has 0 spiro atoms. The minimum absolute atomic E-state index is 0.0157. The van der Waals surface area contributed by atoms with Crippen LogP contribution in [0, 0.1) is 6.92 Å². The average Bonchev–Trinajstić information content (AvgIpc) is 2.45. The van der Waals surface area contributed by atoms with E-state index in [1.165, 1.54) is 0 Å². The Labute approximate surface area is 153 Å². The van der Waals surface area contributed by atoms with Crippen LogP contribution in [0.3, 0.4) is 0 Å². The Morgan fingerprint density at radius 1 is 0.750 bits per heavy atom. The number of rotatable bonds is 8. The summed E-state index contributed by atoms with van der Waals surface area (Å²) in [7, 11) is 1.91. The second kappa shape index (κ2) is 9.07. The molecule has 0 aliphatic rings. The molecular formula is C12H14Cl3N7O2. The van der Waals surface area contributed by atoms with Crippen molar-refractivity contribution in [1.29, 1.82) is 0 Å². The Balaban J connectivity index is 1.68. The summed E-state index contributed by atoms with van der Waals surface area (Å²) < 4.78 is 10.8. The second-order valence-corrected chi connectivity index (χ2v) is 5.60. The van der Waals surface area contributed by atoms with E-state index in [0.717, 1.165) is 0 Å². The molecule has 12 heteroatoms. The molecule has 0 unspecified atom stereocenters. The maximum atomic E-state index is 5.74. The van der Waals surface area contributed by atoms with Crippen LogP contribution in [0.5, 0.6) is 12.0 Å². The number of ether oxygens (including phenoxy) is 2. The van der Waals surface area contributed by atoms with Crippen LogP contribution in [0.2, 0.25) is 15.9 Å². The van der Waals surface area contributed by atoms with Gasteiger partial charge in [0.2, 0.25) is 15.9 Å². The molecule has 2 heterocycles. The van der Waals surface area contributed by atoms with E-state index in [0.29, 0.717) is 32.1 Å². The van der Waals surface area contributed by atoms with Crippen LogP contribution in [0.25, 0.3) is 0 Å². The zero-order valence-electron chi connectivity index (χ0n) is 12.9. The van der Waals surface area contributed by atoms with Crippen molar-refractivity contribution in [3.8, 4) is 12.0 Å². The molecule has 130 valence electrons. The average molecular weight is 395 g/mol. The molecular weight excluding hydrogens is 381 g/mol. The minimum Gasteiger partial charge on any atom is -0.462 e. The first-order valence-corrected chi connectivity index (χ1v) is 7.95. The first-order chi connectivity index (χ1) is 11.4. The van der Waals surface area contributed by atoms with Gasteiger partial charge in [-0.2, -0.15) is 24.9 Å². The monoisotopic (exact) mass is 393 g/mol. The van der Waals surface area contributed by atoms with Crippen molar-refractivity contribution in [1.82, 2.24) is 34.8 Å². The fourth-order valence-electron chi connectivity index (χ4n) is 1.56. The third-order valence-electron chi connectivity index (χ3n) is 2.67. The second-order valence-electron chi connectivity index (χ2n) is 4.59. The number of aromatic nitrogens is 6. The number of aryl methyl sites for hydroxylation is 1. The normalized spacial score (nSPS) is 10.9. The van der Waals surface area contributed by atoms with Crippen LogP contribution in [0.15, 0.2) is 0 Å². The van der Waals surface area contributed by atoms with Crippen LogP contribution in [-0.4, -0.2) is 68.2 Å². The molecule has 0 aromatic carbocycles. The summed E-state index contributed by atoms with van der Waals surface area (Å²) >= 11 is 17.1. The number of nitrogens with zero attached hydrogens (tertiary/aromatic N) is 7. The van der Waals surface area contributed by atoms with E-state index in [2.05, 4.69) is 29.9 Å². The Morgan fingerprint density at radius 2 is 1.21 bits per heavy atom. The number of hydrogen-bond donors (Lipinski definition) is 0. The Kier molecular flexibility index (Phi) is 7.10.